The zero-order valence-corrected chi connectivity index (χ0v) is 27.1. The van der Waals surface area contributed by atoms with Crippen molar-refractivity contribution < 1.29 is 79.1 Å². The molecule has 2 heterocycles. The molecule has 0 aromatic rings. The first kappa shape index (κ1) is 41.5. The van der Waals surface area contributed by atoms with Crippen molar-refractivity contribution in [2.45, 2.75) is 65.1 Å². The summed E-state index contributed by atoms with van der Waals surface area (Å²) in [7, 11) is 5.61. The minimum absolute atomic E-state index is 0. The van der Waals surface area contributed by atoms with Gasteiger partial charge in [0.05, 0.1) is 76.4 Å². The molecule has 6 unspecified atom stereocenters. The monoisotopic (exact) mass is 648 g/mol. The quantitative estimate of drug-likeness (QED) is 0.174. The highest BCUT2D eigenvalue weighted by molar-refractivity contribution is 5.75. The molecule has 15 nitrogen and oxygen atoms in total. The van der Waals surface area contributed by atoms with E-state index in [4.69, 9.17) is 23.7 Å². The van der Waals surface area contributed by atoms with Gasteiger partial charge >= 0.3 is 11.9 Å². The Morgan fingerprint density at radius 3 is 1.91 bits per heavy atom. The van der Waals surface area contributed by atoms with E-state index < -0.39 is 61.2 Å². The molecule has 0 aromatic heterocycles. The van der Waals surface area contributed by atoms with Crippen LogP contribution in [-0.2, 0) is 42.7 Å². The fourth-order valence-corrected chi connectivity index (χ4v) is 3.92. The van der Waals surface area contributed by atoms with Crippen molar-refractivity contribution >= 4 is 11.9 Å². The van der Waals surface area contributed by atoms with E-state index in [1.165, 1.54) is 28.4 Å². The van der Waals surface area contributed by atoms with Crippen LogP contribution in [0.25, 0.3) is 0 Å². The molecule has 0 saturated carbocycles. The summed E-state index contributed by atoms with van der Waals surface area (Å²) < 4.78 is 35.3. The summed E-state index contributed by atoms with van der Waals surface area (Å²) >= 11 is 0. The van der Waals surface area contributed by atoms with Crippen molar-refractivity contribution in [2.75, 3.05) is 68.1 Å². The van der Waals surface area contributed by atoms with Crippen LogP contribution in [0, 0.1) is 17.3 Å². The van der Waals surface area contributed by atoms with E-state index in [1.54, 1.807) is 13.8 Å². The first-order valence-electron chi connectivity index (χ1n) is 14.0. The van der Waals surface area contributed by atoms with Gasteiger partial charge in [0, 0.05) is 25.8 Å². The van der Waals surface area contributed by atoms with Gasteiger partial charge in [-0.1, -0.05) is 13.8 Å². The topological polar surface area (TPSA) is 220 Å². The Kier molecular flexibility index (Phi) is 19.3. The lowest BCUT2D eigenvalue weighted by molar-refractivity contribution is -0.228. The van der Waals surface area contributed by atoms with Crippen LogP contribution in [0.3, 0.4) is 0 Å². The van der Waals surface area contributed by atoms with Gasteiger partial charge in [0.25, 0.3) is 0 Å². The summed E-state index contributed by atoms with van der Waals surface area (Å²) in [4.78, 5) is 20.9. The predicted octanol–water partition coefficient (Wildman–Crippen LogP) is 1.37. The first-order chi connectivity index (χ1) is 20.5. The number of hydrogen-bond donors (Lipinski definition) is 6. The lowest BCUT2D eigenvalue weighted by Crippen LogP contribution is -2.58. The Bertz CT molecular complexity index is 942. The molecule has 2 aliphatic heterocycles. The number of aliphatic hydroxyl groups excluding tert-OH is 6. The summed E-state index contributed by atoms with van der Waals surface area (Å²) in [5.74, 6) is -1.95. The maximum atomic E-state index is 10.6. The van der Waals surface area contributed by atoms with E-state index in [2.05, 4.69) is 9.47 Å². The van der Waals surface area contributed by atoms with Crippen LogP contribution in [0.15, 0.2) is 22.9 Å². The molecule has 6 atom stereocenters. The van der Waals surface area contributed by atoms with Crippen molar-refractivity contribution in [1.29, 1.82) is 0 Å². The van der Waals surface area contributed by atoms with Crippen LogP contribution in [-0.4, -0.2) is 141 Å². The van der Waals surface area contributed by atoms with Crippen molar-refractivity contribution in [2.24, 2.45) is 17.3 Å². The molecule has 6 N–H and O–H groups in total. The molecule has 0 amide bonds. The van der Waals surface area contributed by atoms with Crippen LogP contribution < -0.4 is 0 Å². The minimum Gasteiger partial charge on any atom is -0.505 e. The Balaban J connectivity index is -0.000000272. The van der Waals surface area contributed by atoms with E-state index in [1.807, 2.05) is 20.8 Å². The molecular formula is C29H60O15. The normalized spacial score (nSPS) is 25.3. The second-order valence-electron chi connectivity index (χ2n) is 11.3. The van der Waals surface area contributed by atoms with Gasteiger partial charge in [-0.15, -0.1) is 0 Å². The standard InChI is InChI=1S/C18H30O11.C6H12O2.C5H10O2.4H2/c1-25-5-9-11(3-19)29-14(18(24)15(9)21)8-27-6-10-12(4-20)28-13(7-26-2)17(23)16(10)22;1-6(2,3)5(7)8-4;1-4(2)5(6)7-3;;;;/h10,12-14,16-17,19-24H,3-8H2,1-2H3;1-4H3;4H,1-3H3;4*1H. The van der Waals surface area contributed by atoms with E-state index in [9.17, 15) is 40.2 Å². The van der Waals surface area contributed by atoms with Gasteiger partial charge < -0.3 is 63.8 Å². The van der Waals surface area contributed by atoms with E-state index in [0.29, 0.717) is 0 Å². The van der Waals surface area contributed by atoms with Crippen LogP contribution in [0.5, 0.6) is 0 Å². The van der Waals surface area contributed by atoms with E-state index in [0.717, 1.165) is 0 Å². The smallest absolute Gasteiger partial charge is 0.310 e. The number of hydrogen-bond acceptors (Lipinski definition) is 15. The Hall–Kier alpha value is -2.50. The summed E-state index contributed by atoms with van der Waals surface area (Å²) in [5.41, 5.74) is -0.220. The average molecular weight is 649 g/mol. The number of ether oxygens (including phenoxy) is 7. The molecule has 0 bridgehead atoms. The number of carbonyl (C=O) groups excluding carboxylic acids is 2. The lowest BCUT2D eigenvalue weighted by Gasteiger charge is -2.42. The second-order valence-corrected chi connectivity index (χ2v) is 11.3. The van der Waals surface area contributed by atoms with Gasteiger partial charge in [0.15, 0.2) is 17.6 Å². The molecule has 0 aromatic carbocycles. The van der Waals surface area contributed by atoms with Gasteiger partial charge in [-0.2, -0.15) is 0 Å². The highest BCUT2D eigenvalue weighted by Crippen LogP contribution is 2.29. The van der Waals surface area contributed by atoms with Crippen molar-refractivity contribution in [1.82, 2.24) is 0 Å². The molecule has 0 spiro atoms. The summed E-state index contributed by atoms with van der Waals surface area (Å²) in [6.07, 6.45) is -5.12. The van der Waals surface area contributed by atoms with E-state index in [-0.39, 0.29) is 66.7 Å². The highest BCUT2D eigenvalue weighted by atomic mass is 16.6. The summed E-state index contributed by atoms with van der Waals surface area (Å²) in [6.45, 7) is 7.77. The molecule has 1 saturated heterocycles. The molecule has 44 heavy (non-hydrogen) atoms. The zero-order chi connectivity index (χ0) is 34.2. The largest absolute Gasteiger partial charge is 0.505 e. The number of methoxy groups -OCH3 is 4. The van der Waals surface area contributed by atoms with Gasteiger partial charge in [0.1, 0.15) is 24.6 Å². The highest BCUT2D eigenvalue weighted by Gasteiger charge is 2.44. The summed E-state index contributed by atoms with van der Waals surface area (Å²) in [5, 5.41) is 59.8. The molecule has 266 valence electrons. The minimum atomic E-state index is -1.23. The lowest BCUT2D eigenvalue weighted by atomic mass is 9.87. The molecule has 2 rings (SSSR count). The maximum absolute atomic E-state index is 10.6. The SMILES string of the molecule is COC(=O)C(C)(C)C.COC(=O)C(C)C.COCC1=C(CO)OC(COCC2C(CO)OC(COC)C(O)C2O)C(O)=C1O.[HH].[HH].[HH].[HH]. The van der Waals surface area contributed by atoms with Crippen molar-refractivity contribution in [3.05, 3.63) is 22.9 Å². The van der Waals surface area contributed by atoms with Gasteiger partial charge in [-0.25, -0.2) is 0 Å². The Labute approximate surface area is 264 Å². The van der Waals surface area contributed by atoms with Crippen LogP contribution >= 0.6 is 0 Å². The Morgan fingerprint density at radius 2 is 1.52 bits per heavy atom. The molecule has 15 heteroatoms. The molecule has 2 aliphatic rings. The van der Waals surface area contributed by atoms with Crippen LogP contribution in [0.1, 0.15) is 40.3 Å². The third-order valence-electron chi connectivity index (χ3n) is 6.44. The van der Waals surface area contributed by atoms with E-state index >= 15 is 0 Å². The molecule has 0 aliphatic carbocycles. The summed E-state index contributed by atoms with van der Waals surface area (Å²) in [6, 6.07) is 0. The third-order valence-corrected chi connectivity index (χ3v) is 6.44. The van der Waals surface area contributed by atoms with Crippen molar-refractivity contribution in [3.8, 4) is 0 Å². The first-order valence-corrected chi connectivity index (χ1v) is 14.0. The zero-order valence-electron chi connectivity index (χ0n) is 27.1. The fourth-order valence-electron chi connectivity index (χ4n) is 3.92. The number of aliphatic hydroxyl groups is 6. The van der Waals surface area contributed by atoms with Crippen LogP contribution in [0.2, 0.25) is 0 Å². The Morgan fingerprint density at radius 1 is 0.909 bits per heavy atom. The average Bonchev–Trinajstić information content (AvgIpc) is 2.99. The number of carbonyl (C=O) groups is 2. The predicted molar refractivity (Wildman–Crippen MR) is 164 cm³/mol. The molecule has 1 fully saturated rings. The molecule has 0 radical (unpaired) electrons. The number of rotatable bonds is 11. The van der Waals surface area contributed by atoms with Crippen molar-refractivity contribution in [3.63, 3.8) is 0 Å². The fraction of sp³-hybridized carbons (Fsp3) is 0.793. The second kappa shape index (κ2) is 20.5. The van der Waals surface area contributed by atoms with Crippen LogP contribution in [0.4, 0.5) is 0 Å². The van der Waals surface area contributed by atoms with Gasteiger partial charge in [-0.3, -0.25) is 9.59 Å². The third kappa shape index (κ3) is 12.9. The van der Waals surface area contributed by atoms with Gasteiger partial charge in [-0.05, 0) is 20.8 Å². The maximum Gasteiger partial charge on any atom is 0.310 e. The molecular weight excluding hydrogens is 588 g/mol. The van der Waals surface area contributed by atoms with Gasteiger partial charge in [0.2, 0.25) is 0 Å². The number of esters is 2.